The Labute approximate surface area is 118 Å². The molecular formula is C13H9ClFN3O2. The zero-order valence-corrected chi connectivity index (χ0v) is 11.2. The maximum atomic E-state index is 13.2. The van der Waals surface area contributed by atoms with Crippen LogP contribution in [-0.2, 0) is 0 Å². The number of benzene rings is 1. The van der Waals surface area contributed by atoms with Crippen molar-refractivity contribution in [3.8, 4) is 17.6 Å². The highest BCUT2D eigenvalue weighted by Gasteiger charge is 2.13. The van der Waals surface area contributed by atoms with Crippen molar-refractivity contribution in [2.75, 3.05) is 6.61 Å². The normalized spacial score (nSPS) is 10.9. The third-order valence-electron chi connectivity index (χ3n) is 2.56. The lowest BCUT2D eigenvalue weighted by molar-refractivity contribution is 0.311. The van der Waals surface area contributed by atoms with Crippen LogP contribution in [0.1, 0.15) is 6.92 Å². The molecule has 0 aliphatic heterocycles. The topological polar surface area (TPSA) is 61.0 Å². The molecule has 0 saturated carbocycles. The fourth-order valence-electron chi connectivity index (χ4n) is 1.76. The van der Waals surface area contributed by atoms with Gasteiger partial charge in [-0.15, -0.1) is 0 Å². The molecule has 3 aromatic rings. The summed E-state index contributed by atoms with van der Waals surface area (Å²) in [6.45, 7) is 2.21. The maximum Gasteiger partial charge on any atom is 0.321 e. The molecule has 0 unspecified atom stereocenters. The van der Waals surface area contributed by atoms with Gasteiger partial charge in [-0.2, -0.15) is 15.0 Å². The number of ether oxygens (including phenoxy) is 1. The van der Waals surface area contributed by atoms with Crippen LogP contribution in [0.5, 0.6) is 6.01 Å². The van der Waals surface area contributed by atoms with E-state index in [1.807, 2.05) is 0 Å². The monoisotopic (exact) mass is 293 g/mol. The van der Waals surface area contributed by atoms with Crippen LogP contribution in [0.4, 0.5) is 4.39 Å². The molecule has 5 nitrogen and oxygen atoms in total. The average Bonchev–Trinajstić information content (AvgIpc) is 2.81. The Morgan fingerprint density at radius 1 is 1.25 bits per heavy atom. The molecule has 0 atom stereocenters. The lowest BCUT2D eigenvalue weighted by atomic mass is 10.2. The summed E-state index contributed by atoms with van der Waals surface area (Å²) < 4.78 is 23.9. The van der Waals surface area contributed by atoms with Gasteiger partial charge >= 0.3 is 6.01 Å². The van der Waals surface area contributed by atoms with Crippen LogP contribution in [0.2, 0.25) is 5.28 Å². The summed E-state index contributed by atoms with van der Waals surface area (Å²) in [6.07, 6.45) is 0. The first kappa shape index (κ1) is 12.8. The van der Waals surface area contributed by atoms with Crippen molar-refractivity contribution in [1.82, 2.24) is 15.0 Å². The Hall–Kier alpha value is -2.21. The standard InChI is InChI=1S/C13H9ClFN3O2/c1-2-19-13-17-11(16-12(14)18-13)10-6-7-5-8(15)3-4-9(7)20-10/h3-6H,2H2,1H3. The lowest BCUT2D eigenvalue weighted by Gasteiger charge is -2.02. The molecule has 2 aromatic heterocycles. The molecule has 0 radical (unpaired) electrons. The highest BCUT2D eigenvalue weighted by Crippen LogP contribution is 2.27. The van der Waals surface area contributed by atoms with E-state index in [4.69, 9.17) is 20.8 Å². The van der Waals surface area contributed by atoms with Crippen molar-refractivity contribution < 1.29 is 13.5 Å². The molecule has 0 spiro atoms. The van der Waals surface area contributed by atoms with E-state index in [-0.39, 0.29) is 22.9 Å². The van der Waals surface area contributed by atoms with Gasteiger partial charge in [0.25, 0.3) is 0 Å². The van der Waals surface area contributed by atoms with Crippen LogP contribution in [-0.4, -0.2) is 21.6 Å². The number of nitrogens with zero attached hydrogens (tertiary/aromatic N) is 3. The number of fused-ring (bicyclic) bond motifs is 1. The van der Waals surface area contributed by atoms with E-state index in [1.165, 1.54) is 12.1 Å². The number of rotatable bonds is 3. The second-order valence-corrected chi connectivity index (χ2v) is 4.27. The van der Waals surface area contributed by atoms with E-state index in [9.17, 15) is 4.39 Å². The fourth-order valence-corrected chi connectivity index (χ4v) is 1.91. The molecule has 7 heteroatoms. The Bertz CT molecular complexity index is 775. The van der Waals surface area contributed by atoms with Crippen molar-refractivity contribution in [2.45, 2.75) is 6.92 Å². The maximum absolute atomic E-state index is 13.2. The van der Waals surface area contributed by atoms with Crippen LogP contribution < -0.4 is 4.74 Å². The van der Waals surface area contributed by atoms with Crippen LogP contribution in [0.15, 0.2) is 28.7 Å². The Morgan fingerprint density at radius 3 is 2.90 bits per heavy atom. The van der Waals surface area contributed by atoms with Crippen LogP contribution >= 0.6 is 11.6 Å². The number of halogens is 2. The van der Waals surface area contributed by atoms with Gasteiger partial charge in [-0.25, -0.2) is 4.39 Å². The zero-order chi connectivity index (χ0) is 14.1. The first-order valence-electron chi connectivity index (χ1n) is 5.89. The Kier molecular flexibility index (Phi) is 3.23. The summed E-state index contributed by atoms with van der Waals surface area (Å²) in [5.41, 5.74) is 0.538. The first-order chi connectivity index (χ1) is 9.65. The van der Waals surface area contributed by atoms with Crippen LogP contribution in [0.25, 0.3) is 22.6 Å². The van der Waals surface area contributed by atoms with E-state index in [1.54, 1.807) is 19.1 Å². The SMILES string of the molecule is CCOc1nc(Cl)nc(-c2cc3cc(F)ccc3o2)n1. The lowest BCUT2D eigenvalue weighted by Crippen LogP contribution is -2.00. The molecule has 3 rings (SSSR count). The highest BCUT2D eigenvalue weighted by atomic mass is 35.5. The van der Waals surface area contributed by atoms with Gasteiger partial charge in [-0.3, -0.25) is 0 Å². The van der Waals surface area contributed by atoms with Crippen molar-refractivity contribution in [3.05, 3.63) is 35.4 Å². The number of hydrogen-bond acceptors (Lipinski definition) is 5. The minimum Gasteiger partial charge on any atom is -0.464 e. The fraction of sp³-hybridized carbons (Fsp3) is 0.154. The van der Waals surface area contributed by atoms with E-state index < -0.39 is 0 Å². The first-order valence-corrected chi connectivity index (χ1v) is 6.27. The highest BCUT2D eigenvalue weighted by molar-refractivity contribution is 6.28. The summed E-state index contributed by atoms with van der Waals surface area (Å²) in [5, 5.41) is 0.625. The third kappa shape index (κ3) is 2.42. The molecule has 0 fully saturated rings. The molecule has 0 bridgehead atoms. The molecule has 20 heavy (non-hydrogen) atoms. The van der Waals surface area contributed by atoms with E-state index in [0.717, 1.165) is 0 Å². The molecule has 0 aliphatic rings. The zero-order valence-electron chi connectivity index (χ0n) is 10.4. The van der Waals surface area contributed by atoms with Gasteiger partial charge < -0.3 is 9.15 Å². The van der Waals surface area contributed by atoms with E-state index in [0.29, 0.717) is 23.3 Å². The van der Waals surface area contributed by atoms with Gasteiger partial charge in [0.2, 0.25) is 11.1 Å². The van der Waals surface area contributed by atoms with Gasteiger partial charge in [0.1, 0.15) is 11.4 Å². The summed E-state index contributed by atoms with van der Waals surface area (Å²) in [7, 11) is 0. The predicted octanol–water partition coefficient (Wildman–Crippen LogP) is 3.48. The summed E-state index contributed by atoms with van der Waals surface area (Å²) in [4.78, 5) is 11.9. The largest absolute Gasteiger partial charge is 0.464 e. The minimum atomic E-state index is -0.339. The number of furan rings is 1. The molecule has 0 N–H and O–H groups in total. The third-order valence-corrected chi connectivity index (χ3v) is 2.73. The van der Waals surface area contributed by atoms with Crippen LogP contribution in [0.3, 0.4) is 0 Å². The molecule has 0 saturated heterocycles. The number of hydrogen-bond donors (Lipinski definition) is 0. The quantitative estimate of drug-likeness (QED) is 0.740. The van der Waals surface area contributed by atoms with Gasteiger partial charge in [0.05, 0.1) is 6.61 Å². The molecule has 102 valence electrons. The van der Waals surface area contributed by atoms with Crippen molar-refractivity contribution in [2.24, 2.45) is 0 Å². The van der Waals surface area contributed by atoms with Crippen LogP contribution in [0, 0.1) is 5.82 Å². The van der Waals surface area contributed by atoms with Crippen molar-refractivity contribution >= 4 is 22.6 Å². The van der Waals surface area contributed by atoms with Crippen molar-refractivity contribution in [3.63, 3.8) is 0 Å². The van der Waals surface area contributed by atoms with Gasteiger partial charge in [-0.05, 0) is 42.8 Å². The second-order valence-electron chi connectivity index (χ2n) is 3.94. The van der Waals surface area contributed by atoms with E-state index >= 15 is 0 Å². The number of aromatic nitrogens is 3. The predicted molar refractivity (Wildman–Crippen MR) is 71.2 cm³/mol. The Balaban J connectivity index is 2.10. The molecule has 0 aliphatic carbocycles. The van der Waals surface area contributed by atoms with Gasteiger partial charge in [0.15, 0.2) is 5.76 Å². The molecule has 0 amide bonds. The molecular weight excluding hydrogens is 285 g/mol. The molecule has 1 aromatic carbocycles. The summed E-state index contributed by atoms with van der Waals surface area (Å²) in [5.74, 6) is 0.273. The van der Waals surface area contributed by atoms with Gasteiger partial charge in [0, 0.05) is 5.39 Å². The summed E-state index contributed by atoms with van der Waals surface area (Å²) in [6, 6.07) is 5.99. The van der Waals surface area contributed by atoms with Gasteiger partial charge in [-0.1, -0.05) is 0 Å². The second kappa shape index (κ2) is 5.05. The Morgan fingerprint density at radius 2 is 2.10 bits per heavy atom. The molecule has 2 heterocycles. The minimum absolute atomic E-state index is 0.00471. The van der Waals surface area contributed by atoms with E-state index in [2.05, 4.69) is 15.0 Å². The van der Waals surface area contributed by atoms with Crippen molar-refractivity contribution in [1.29, 1.82) is 0 Å². The average molecular weight is 294 g/mol. The summed E-state index contributed by atoms with van der Waals surface area (Å²) >= 11 is 5.82. The smallest absolute Gasteiger partial charge is 0.321 e.